The monoisotopic (exact) mass is 482 g/mol. The Morgan fingerprint density at radius 2 is 2.09 bits per heavy atom. The van der Waals surface area contributed by atoms with Crippen LogP contribution in [0.4, 0.5) is 11.8 Å². The molecule has 2 fully saturated rings. The molecule has 2 aliphatic heterocycles. The summed E-state index contributed by atoms with van der Waals surface area (Å²) >= 11 is 6.46. The molecule has 2 saturated heterocycles. The molecular formula is C24H31ClN8O. The van der Waals surface area contributed by atoms with Crippen LogP contribution in [0.3, 0.4) is 0 Å². The fourth-order valence-corrected chi connectivity index (χ4v) is 5.00. The lowest BCUT2D eigenvalue weighted by Crippen LogP contribution is -2.57. The van der Waals surface area contributed by atoms with E-state index in [2.05, 4.69) is 37.3 Å². The summed E-state index contributed by atoms with van der Waals surface area (Å²) in [6, 6.07) is 6.23. The zero-order valence-corrected chi connectivity index (χ0v) is 20.6. The van der Waals surface area contributed by atoms with Crippen molar-refractivity contribution in [1.29, 1.82) is 0 Å². The van der Waals surface area contributed by atoms with Crippen LogP contribution in [-0.2, 0) is 10.3 Å². The molecule has 2 aliphatic rings. The van der Waals surface area contributed by atoms with Crippen LogP contribution in [0.1, 0.15) is 32.9 Å². The maximum absolute atomic E-state index is 13.1. The number of carbonyl (C=O) groups excluding carboxylic acids is 1. The van der Waals surface area contributed by atoms with E-state index in [1.807, 2.05) is 48.8 Å². The van der Waals surface area contributed by atoms with E-state index in [-0.39, 0.29) is 11.8 Å². The van der Waals surface area contributed by atoms with Crippen molar-refractivity contribution in [3.8, 4) is 0 Å². The smallest absolute Gasteiger partial charge is 0.227 e. The van der Waals surface area contributed by atoms with Gasteiger partial charge in [0.25, 0.3) is 0 Å². The van der Waals surface area contributed by atoms with Gasteiger partial charge < -0.3 is 24.8 Å². The predicted octanol–water partition coefficient (Wildman–Crippen LogP) is 2.45. The number of nitrogens with zero attached hydrogens (tertiary/aromatic N) is 6. The van der Waals surface area contributed by atoms with Gasteiger partial charge in [0.15, 0.2) is 5.82 Å². The number of rotatable bonds is 6. The summed E-state index contributed by atoms with van der Waals surface area (Å²) in [7, 11) is 0. The number of amides is 1. The predicted molar refractivity (Wildman–Crippen MR) is 133 cm³/mol. The van der Waals surface area contributed by atoms with Crippen LogP contribution in [0.25, 0.3) is 5.65 Å². The van der Waals surface area contributed by atoms with Crippen molar-refractivity contribution in [2.24, 2.45) is 5.92 Å². The first kappa shape index (κ1) is 22.9. The van der Waals surface area contributed by atoms with Gasteiger partial charge in [-0.2, -0.15) is 4.98 Å². The van der Waals surface area contributed by atoms with Crippen LogP contribution in [0, 0.1) is 5.92 Å². The molecule has 0 saturated carbocycles. The Morgan fingerprint density at radius 3 is 2.88 bits per heavy atom. The second-order valence-electron chi connectivity index (χ2n) is 9.59. The number of halogens is 1. The van der Waals surface area contributed by atoms with E-state index in [9.17, 15) is 4.79 Å². The minimum atomic E-state index is -0.560. The number of aromatic nitrogens is 4. The number of hydrogen-bond donors (Lipinski definition) is 2. The van der Waals surface area contributed by atoms with E-state index in [0.717, 1.165) is 37.4 Å². The number of piperazine rings is 1. The molecule has 10 heteroatoms. The van der Waals surface area contributed by atoms with Crippen LogP contribution in [-0.4, -0.2) is 64.0 Å². The maximum Gasteiger partial charge on any atom is 0.227 e. The second-order valence-corrected chi connectivity index (χ2v) is 10.00. The first-order valence-corrected chi connectivity index (χ1v) is 12.2. The SMILES string of the molecule is CC[C@H]1CNCCN1c1ncc(Cl)c(N2CC(C(=O)NC(C)(C)c3cnc4ccccn34)C2)n1. The summed E-state index contributed by atoms with van der Waals surface area (Å²) in [4.78, 5) is 31.1. The molecule has 1 atom stereocenters. The van der Waals surface area contributed by atoms with Crippen LogP contribution in [0.15, 0.2) is 36.8 Å². The molecule has 3 aromatic rings. The number of anilines is 2. The summed E-state index contributed by atoms with van der Waals surface area (Å²) in [5, 5.41) is 7.15. The van der Waals surface area contributed by atoms with Crippen molar-refractivity contribution in [1.82, 2.24) is 30.0 Å². The van der Waals surface area contributed by atoms with Gasteiger partial charge >= 0.3 is 0 Å². The lowest BCUT2D eigenvalue weighted by Gasteiger charge is -2.41. The highest BCUT2D eigenvalue weighted by atomic mass is 35.5. The van der Waals surface area contributed by atoms with Crippen LogP contribution in [0.5, 0.6) is 0 Å². The van der Waals surface area contributed by atoms with E-state index >= 15 is 0 Å². The highest BCUT2D eigenvalue weighted by Crippen LogP contribution is 2.32. The molecule has 0 bridgehead atoms. The molecule has 2 N–H and O–H groups in total. The molecule has 34 heavy (non-hydrogen) atoms. The van der Waals surface area contributed by atoms with Gasteiger partial charge in [0.1, 0.15) is 10.7 Å². The van der Waals surface area contributed by atoms with Crippen LogP contribution < -0.4 is 20.4 Å². The van der Waals surface area contributed by atoms with Gasteiger partial charge in [0.05, 0.1) is 29.5 Å². The van der Waals surface area contributed by atoms with E-state index in [1.54, 1.807) is 6.20 Å². The fourth-order valence-electron chi connectivity index (χ4n) is 4.78. The molecule has 5 rings (SSSR count). The van der Waals surface area contributed by atoms with Gasteiger partial charge in [0, 0.05) is 45.0 Å². The van der Waals surface area contributed by atoms with Crippen LogP contribution in [0.2, 0.25) is 5.02 Å². The van der Waals surface area contributed by atoms with E-state index < -0.39 is 5.54 Å². The van der Waals surface area contributed by atoms with Crippen molar-refractivity contribution in [3.63, 3.8) is 0 Å². The normalized spacial score (nSPS) is 19.4. The lowest BCUT2D eigenvalue weighted by molar-refractivity contribution is -0.127. The van der Waals surface area contributed by atoms with Crippen molar-refractivity contribution in [2.45, 2.75) is 38.8 Å². The first-order chi connectivity index (χ1) is 16.4. The zero-order chi connectivity index (χ0) is 23.9. The van der Waals surface area contributed by atoms with Gasteiger partial charge in [-0.3, -0.25) is 4.79 Å². The van der Waals surface area contributed by atoms with Gasteiger partial charge in [-0.05, 0) is 32.4 Å². The molecule has 1 amide bonds. The molecule has 3 aromatic heterocycles. The third kappa shape index (κ3) is 4.18. The summed E-state index contributed by atoms with van der Waals surface area (Å²) in [5.41, 5.74) is 1.24. The molecule has 5 heterocycles. The Labute approximate surface area is 204 Å². The van der Waals surface area contributed by atoms with E-state index in [1.165, 1.54) is 0 Å². The number of carbonyl (C=O) groups is 1. The highest BCUT2D eigenvalue weighted by Gasteiger charge is 2.38. The zero-order valence-electron chi connectivity index (χ0n) is 19.8. The summed E-state index contributed by atoms with van der Waals surface area (Å²) in [6.07, 6.45) is 6.48. The number of pyridine rings is 1. The number of hydrogen-bond acceptors (Lipinski definition) is 7. The number of imidazole rings is 1. The second kappa shape index (κ2) is 9.03. The molecule has 0 radical (unpaired) electrons. The standard InChI is InChI=1S/C24H31ClN8O/c1-4-17-11-26-8-10-32(17)23-28-12-18(25)21(29-23)31-14-16(15-31)22(34)30-24(2,3)19-13-27-20-7-5-6-9-33(19)20/h5-7,9,12-13,16-17,26H,4,8,10-11,14-15H2,1-3H3,(H,30,34)/t17-/m0/s1. The fraction of sp³-hybridized carbons (Fsp3) is 0.500. The molecule has 0 unspecified atom stereocenters. The largest absolute Gasteiger partial charge is 0.353 e. The van der Waals surface area contributed by atoms with Gasteiger partial charge in [0.2, 0.25) is 11.9 Å². The van der Waals surface area contributed by atoms with Crippen LogP contribution >= 0.6 is 11.6 Å². The molecule has 180 valence electrons. The summed E-state index contributed by atoms with van der Waals surface area (Å²) in [6.45, 7) is 10.0. The van der Waals surface area contributed by atoms with Crippen molar-refractivity contribution in [2.75, 3.05) is 42.5 Å². The molecule has 0 aliphatic carbocycles. The van der Waals surface area contributed by atoms with Crippen molar-refractivity contribution < 1.29 is 4.79 Å². The van der Waals surface area contributed by atoms with Crippen molar-refractivity contribution in [3.05, 3.63) is 47.5 Å². The van der Waals surface area contributed by atoms with E-state index in [4.69, 9.17) is 16.6 Å². The Bertz CT molecular complexity index is 1190. The number of nitrogens with one attached hydrogen (secondary N) is 2. The Kier molecular flexibility index (Phi) is 6.07. The molecule has 0 aromatic carbocycles. The van der Waals surface area contributed by atoms with E-state index in [0.29, 0.717) is 35.9 Å². The quantitative estimate of drug-likeness (QED) is 0.557. The Balaban J connectivity index is 1.26. The Morgan fingerprint density at radius 1 is 1.26 bits per heavy atom. The summed E-state index contributed by atoms with van der Waals surface area (Å²) < 4.78 is 2.01. The first-order valence-electron chi connectivity index (χ1n) is 11.9. The molecule has 0 spiro atoms. The maximum atomic E-state index is 13.1. The third-order valence-corrected chi connectivity index (χ3v) is 7.10. The molecular weight excluding hydrogens is 452 g/mol. The van der Waals surface area contributed by atoms with Gasteiger partial charge in [-0.25, -0.2) is 9.97 Å². The van der Waals surface area contributed by atoms with Gasteiger partial charge in [-0.1, -0.05) is 24.6 Å². The average Bonchev–Trinajstić information content (AvgIpc) is 3.24. The van der Waals surface area contributed by atoms with Crippen molar-refractivity contribution >= 4 is 34.9 Å². The average molecular weight is 483 g/mol. The Hall–Kier alpha value is -2.91. The van der Waals surface area contributed by atoms with Gasteiger partial charge in [-0.15, -0.1) is 0 Å². The number of fused-ring (bicyclic) bond motifs is 1. The minimum absolute atomic E-state index is 0.0192. The highest BCUT2D eigenvalue weighted by molar-refractivity contribution is 6.32. The summed E-state index contributed by atoms with van der Waals surface area (Å²) in [5.74, 6) is 1.29. The third-order valence-electron chi connectivity index (χ3n) is 6.84. The topological polar surface area (TPSA) is 90.7 Å². The molecule has 9 nitrogen and oxygen atoms in total. The lowest BCUT2D eigenvalue weighted by atomic mass is 9.95. The minimum Gasteiger partial charge on any atom is -0.353 e.